The molecular formula is C26H22N4O4. The van der Waals surface area contributed by atoms with E-state index in [1.54, 1.807) is 43.6 Å². The summed E-state index contributed by atoms with van der Waals surface area (Å²) < 4.78 is 1.83. The largest absolute Gasteiger partial charge is 0.508 e. The number of aliphatic hydroxyl groups is 1. The van der Waals surface area contributed by atoms with Gasteiger partial charge in [0, 0.05) is 25.1 Å². The third-order valence-electron chi connectivity index (χ3n) is 6.11. The molecule has 0 saturated carbocycles. The monoisotopic (exact) mass is 454 g/mol. The Labute approximate surface area is 195 Å². The standard InChI is InChI=1S/C26H22N4O4/c1-15-6-5-11-29-16(2)21(28-25(15)29)23(32)20-22(18-8-3-9-19(31)12-18)30(26(34)24(20)33)14-17-7-4-10-27-13-17/h3-13,22,31-32H,14H2,1-2H3/b23-20+. The van der Waals surface area contributed by atoms with Crippen molar-refractivity contribution in [3.8, 4) is 5.75 Å². The lowest BCUT2D eigenvalue weighted by Gasteiger charge is -2.25. The summed E-state index contributed by atoms with van der Waals surface area (Å²) in [5.41, 5.74) is 3.61. The van der Waals surface area contributed by atoms with Crippen molar-refractivity contribution in [3.63, 3.8) is 0 Å². The van der Waals surface area contributed by atoms with Crippen molar-refractivity contribution in [2.75, 3.05) is 0 Å². The Morgan fingerprint density at radius 3 is 2.62 bits per heavy atom. The molecule has 1 aliphatic rings. The van der Waals surface area contributed by atoms with Crippen LogP contribution in [-0.2, 0) is 16.1 Å². The highest BCUT2D eigenvalue weighted by atomic mass is 16.3. The van der Waals surface area contributed by atoms with E-state index in [4.69, 9.17) is 0 Å². The van der Waals surface area contributed by atoms with Gasteiger partial charge in [-0.15, -0.1) is 0 Å². The number of benzene rings is 1. The van der Waals surface area contributed by atoms with E-state index in [2.05, 4.69) is 9.97 Å². The number of fused-ring (bicyclic) bond motifs is 1. The molecule has 4 aromatic rings. The molecular weight excluding hydrogens is 432 g/mol. The highest BCUT2D eigenvalue weighted by molar-refractivity contribution is 6.46. The van der Waals surface area contributed by atoms with Crippen LogP contribution in [0.2, 0.25) is 0 Å². The van der Waals surface area contributed by atoms with E-state index in [0.29, 0.717) is 16.9 Å². The van der Waals surface area contributed by atoms with Crippen molar-refractivity contribution in [1.82, 2.24) is 19.3 Å². The summed E-state index contributed by atoms with van der Waals surface area (Å²) in [5, 5.41) is 21.5. The Kier molecular flexibility index (Phi) is 5.13. The van der Waals surface area contributed by atoms with Gasteiger partial charge in [0.2, 0.25) is 0 Å². The van der Waals surface area contributed by atoms with Gasteiger partial charge >= 0.3 is 0 Å². The molecule has 2 N–H and O–H groups in total. The summed E-state index contributed by atoms with van der Waals surface area (Å²) in [4.78, 5) is 36.5. The van der Waals surface area contributed by atoms with Crippen LogP contribution in [0.1, 0.15) is 34.1 Å². The summed E-state index contributed by atoms with van der Waals surface area (Å²) in [6.07, 6.45) is 5.07. The number of aliphatic hydroxyl groups excluding tert-OH is 1. The molecule has 8 heteroatoms. The number of nitrogens with zero attached hydrogens (tertiary/aromatic N) is 4. The average molecular weight is 454 g/mol. The fourth-order valence-electron chi connectivity index (χ4n) is 4.45. The first-order chi connectivity index (χ1) is 16.4. The number of aromatic hydroxyl groups is 1. The quantitative estimate of drug-likeness (QED) is 0.277. The molecule has 1 fully saturated rings. The van der Waals surface area contributed by atoms with E-state index in [0.717, 1.165) is 11.1 Å². The Balaban J connectivity index is 1.72. The van der Waals surface area contributed by atoms with Gasteiger partial charge in [-0.2, -0.15) is 0 Å². The molecule has 1 aliphatic heterocycles. The number of aryl methyl sites for hydroxylation is 2. The molecule has 0 bridgehead atoms. The van der Waals surface area contributed by atoms with Crippen LogP contribution in [0.4, 0.5) is 0 Å². The smallest absolute Gasteiger partial charge is 0.295 e. The van der Waals surface area contributed by atoms with Gasteiger partial charge < -0.3 is 19.5 Å². The van der Waals surface area contributed by atoms with Gasteiger partial charge in [-0.25, -0.2) is 4.98 Å². The molecule has 0 aliphatic carbocycles. The summed E-state index contributed by atoms with van der Waals surface area (Å²) in [5.74, 6) is -1.90. The van der Waals surface area contributed by atoms with Crippen LogP contribution in [0.5, 0.6) is 5.75 Å². The third kappa shape index (κ3) is 3.40. The van der Waals surface area contributed by atoms with E-state index in [-0.39, 0.29) is 29.3 Å². The van der Waals surface area contributed by atoms with Crippen molar-refractivity contribution >= 4 is 23.1 Å². The first kappa shape index (κ1) is 21.4. The number of aromatic nitrogens is 3. The average Bonchev–Trinajstić information content (AvgIpc) is 3.30. The van der Waals surface area contributed by atoms with Gasteiger partial charge in [0.15, 0.2) is 5.76 Å². The minimum atomic E-state index is -0.905. The third-order valence-corrected chi connectivity index (χ3v) is 6.11. The van der Waals surface area contributed by atoms with Crippen LogP contribution >= 0.6 is 0 Å². The second-order valence-corrected chi connectivity index (χ2v) is 8.31. The number of carbonyl (C=O) groups is 2. The Bertz CT molecular complexity index is 1470. The van der Waals surface area contributed by atoms with Gasteiger partial charge in [0.1, 0.15) is 17.1 Å². The van der Waals surface area contributed by atoms with E-state index >= 15 is 0 Å². The van der Waals surface area contributed by atoms with Gasteiger partial charge in [0.25, 0.3) is 11.7 Å². The zero-order chi connectivity index (χ0) is 24.0. The Hall–Kier alpha value is -4.46. The van der Waals surface area contributed by atoms with Crippen LogP contribution < -0.4 is 0 Å². The molecule has 170 valence electrons. The zero-order valence-corrected chi connectivity index (χ0v) is 18.6. The Morgan fingerprint density at radius 2 is 1.91 bits per heavy atom. The van der Waals surface area contributed by atoms with Gasteiger partial charge in [-0.3, -0.25) is 14.6 Å². The number of carbonyl (C=O) groups excluding carboxylic acids is 2. The summed E-state index contributed by atoms with van der Waals surface area (Å²) in [6, 6.07) is 12.8. The number of hydrogen-bond acceptors (Lipinski definition) is 6. The molecule has 1 saturated heterocycles. The van der Waals surface area contributed by atoms with Crippen molar-refractivity contribution in [2.24, 2.45) is 0 Å². The predicted octanol–water partition coefficient (Wildman–Crippen LogP) is 3.67. The number of phenolic OH excluding ortho intramolecular Hbond substituents is 1. The first-order valence-corrected chi connectivity index (χ1v) is 10.8. The summed E-state index contributed by atoms with van der Waals surface area (Å²) in [6.45, 7) is 3.81. The number of pyridine rings is 2. The van der Waals surface area contributed by atoms with Gasteiger partial charge in [-0.05, 0) is 54.8 Å². The maximum atomic E-state index is 13.3. The van der Waals surface area contributed by atoms with Crippen LogP contribution in [0.15, 0.2) is 72.7 Å². The molecule has 0 spiro atoms. The number of amides is 1. The highest BCUT2D eigenvalue weighted by Crippen LogP contribution is 2.41. The fraction of sp³-hybridized carbons (Fsp3) is 0.154. The number of likely N-dealkylation sites (tertiary alicyclic amines) is 1. The van der Waals surface area contributed by atoms with Crippen LogP contribution in [0.25, 0.3) is 11.4 Å². The molecule has 1 aromatic carbocycles. The predicted molar refractivity (Wildman–Crippen MR) is 125 cm³/mol. The highest BCUT2D eigenvalue weighted by Gasteiger charge is 2.46. The van der Waals surface area contributed by atoms with Crippen LogP contribution in [-0.4, -0.2) is 41.2 Å². The zero-order valence-electron chi connectivity index (χ0n) is 18.6. The molecule has 8 nitrogen and oxygen atoms in total. The number of ketones is 1. The van der Waals surface area contributed by atoms with Gasteiger partial charge in [-0.1, -0.05) is 24.3 Å². The van der Waals surface area contributed by atoms with Crippen molar-refractivity contribution in [2.45, 2.75) is 26.4 Å². The van der Waals surface area contributed by atoms with Crippen molar-refractivity contribution < 1.29 is 19.8 Å². The molecule has 0 radical (unpaired) electrons. The summed E-state index contributed by atoms with van der Waals surface area (Å²) >= 11 is 0. The lowest BCUT2D eigenvalue weighted by molar-refractivity contribution is -0.140. The summed E-state index contributed by atoms with van der Waals surface area (Å²) in [7, 11) is 0. The molecule has 5 rings (SSSR count). The van der Waals surface area contributed by atoms with Crippen molar-refractivity contribution in [3.05, 3.63) is 101 Å². The molecule has 3 aromatic heterocycles. The van der Waals surface area contributed by atoms with E-state index in [1.807, 2.05) is 29.7 Å². The maximum absolute atomic E-state index is 13.3. The van der Waals surface area contributed by atoms with E-state index in [1.165, 1.54) is 17.0 Å². The topological polar surface area (TPSA) is 108 Å². The fourth-order valence-corrected chi connectivity index (χ4v) is 4.45. The van der Waals surface area contributed by atoms with Crippen LogP contribution in [0.3, 0.4) is 0 Å². The number of imidazole rings is 1. The minimum absolute atomic E-state index is 0.0102. The normalized spacial score (nSPS) is 17.6. The Morgan fingerprint density at radius 1 is 1.09 bits per heavy atom. The minimum Gasteiger partial charge on any atom is -0.508 e. The molecule has 1 amide bonds. The number of hydrogen-bond donors (Lipinski definition) is 2. The van der Waals surface area contributed by atoms with Gasteiger partial charge in [0.05, 0.1) is 17.3 Å². The second-order valence-electron chi connectivity index (χ2n) is 8.31. The molecule has 34 heavy (non-hydrogen) atoms. The molecule has 1 unspecified atom stereocenters. The number of phenols is 1. The van der Waals surface area contributed by atoms with E-state index in [9.17, 15) is 19.8 Å². The van der Waals surface area contributed by atoms with E-state index < -0.39 is 17.7 Å². The number of Topliss-reactive ketones (excluding diaryl/α,β-unsaturated/α-hetero) is 1. The molecule has 1 atom stereocenters. The number of rotatable bonds is 4. The SMILES string of the molecule is Cc1cccn2c(C)c(/C(O)=C3\C(=O)C(=O)N(Cc4cccnc4)C3c3cccc(O)c3)nc12. The van der Waals surface area contributed by atoms with Crippen LogP contribution in [0, 0.1) is 13.8 Å². The lowest BCUT2D eigenvalue weighted by atomic mass is 9.96. The lowest BCUT2D eigenvalue weighted by Crippen LogP contribution is -2.29. The second kappa shape index (κ2) is 8.15. The first-order valence-electron chi connectivity index (χ1n) is 10.8. The maximum Gasteiger partial charge on any atom is 0.295 e. The van der Waals surface area contributed by atoms with Crippen molar-refractivity contribution in [1.29, 1.82) is 0 Å². The molecule has 4 heterocycles.